The number of hydrogen-bond donors (Lipinski definition) is 1. The van der Waals surface area contributed by atoms with Gasteiger partial charge in [0.1, 0.15) is 0 Å². The molecule has 0 spiro atoms. The second-order valence-electron chi connectivity index (χ2n) is 5.32. The van der Waals surface area contributed by atoms with Crippen LogP contribution in [0.5, 0.6) is 0 Å². The quantitative estimate of drug-likeness (QED) is 0.734. The molecule has 0 amide bonds. The van der Waals surface area contributed by atoms with E-state index in [9.17, 15) is 9.90 Å². The van der Waals surface area contributed by atoms with Crippen molar-refractivity contribution in [3.63, 3.8) is 0 Å². The Balaban J connectivity index is 2.29. The van der Waals surface area contributed by atoms with E-state index in [4.69, 9.17) is 11.6 Å². The van der Waals surface area contributed by atoms with Gasteiger partial charge in [-0.3, -0.25) is 0 Å². The van der Waals surface area contributed by atoms with Crippen LogP contribution in [0.4, 0.5) is 0 Å². The molecular weight excluding hydrogens is 298 g/mol. The number of nitrogens with zero attached hydrogens (tertiary/aromatic N) is 1. The van der Waals surface area contributed by atoms with Gasteiger partial charge in [-0.25, -0.2) is 9.78 Å². The van der Waals surface area contributed by atoms with Crippen molar-refractivity contribution < 1.29 is 9.90 Å². The maximum absolute atomic E-state index is 11.6. The number of fused-ring (bicyclic) bond motifs is 1. The molecule has 4 heteroatoms. The molecule has 3 aromatic rings. The zero-order valence-corrected chi connectivity index (χ0v) is 13.0. The van der Waals surface area contributed by atoms with E-state index in [-0.39, 0.29) is 5.56 Å². The molecule has 110 valence electrons. The SMILES string of the molecule is Cc1ccc(-c2cc(C(=O)O)c3cc(Cl)ccc3n2)cc1C. The predicted molar refractivity (Wildman–Crippen MR) is 88.6 cm³/mol. The molecule has 0 unspecified atom stereocenters. The molecule has 3 nitrogen and oxygen atoms in total. The molecule has 0 aliphatic rings. The molecule has 0 bridgehead atoms. The molecule has 0 aliphatic heterocycles. The summed E-state index contributed by atoms with van der Waals surface area (Å²) in [5, 5.41) is 10.5. The molecule has 0 aliphatic carbocycles. The molecule has 0 saturated carbocycles. The Hall–Kier alpha value is -2.39. The monoisotopic (exact) mass is 311 g/mol. The summed E-state index contributed by atoms with van der Waals surface area (Å²) in [6.07, 6.45) is 0. The lowest BCUT2D eigenvalue weighted by Crippen LogP contribution is -2.00. The fraction of sp³-hybridized carbons (Fsp3) is 0.111. The minimum Gasteiger partial charge on any atom is -0.478 e. The fourth-order valence-electron chi connectivity index (χ4n) is 2.42. The first-order valence-electron chi connectivity index (χ1n) is 6.87. The molecule has 0 fully saturated rings. The zero-order valence-electron chi connectivity index (χ0n) is 12.2. The van der Waals surface area contributed by atoms with Crippen molar-refractivity contribution in [2.24, 2.45) is 0 Å². The van der Waals surface area contributed by atoms with E-state index >= 15 is 0 Å². The Morgan fingerprint density at radius 3 is 2.50 bits per heavy atom. The third-order valence-electron chi connectivity index (χ3n) is 3.80. The van der Waals surface area contributed by atoms with Gasteiger partial charge in [0.25, 0.3) is 0 Å². The molecule has 0 saturated heterocycles. The average Bonchev–Trinajstić information content (AvgIpc) is 2.48. The second kappa shape index (κ2) is 5.43. The fourth-order valence-corrected chi connectivity index (χ4v) is 2.60. The van der Waals surface area contributed by atoms with Crippen LogP contribution in [0.3, 0.4) is 0 Å². The number of carboxylic acid groups (broad SMARTS) is 1. The molecule has 2 aromatic carbocycles. The molecule has 1 N–H and O–H groups in total. The standard InChI is InChI=1S/C18H14ClNO2/c1-10-3-4-12(7-11(10)2)17-9-15(18(21)22)14-8-13(19)5-6-16(14)20-17/h3-9H,1-2H3,(H,21,22). The summed E-state index contributed by atoms with van der Waals surface area (Å²) in [6.45, 7) is 4.06. The third kappa shape index (κ3) is 2.55. The van der Waals surface area contributed by atoms with Gasteiger partial charge in [-0.15, -0.1) is 0 Å². The van der Waals surface area contributed by atoms with Crippen LogP contribution in [0, 0.1) is 13.8 Å². The Labute approximate surface area is 133 Å². The van der Waals surface area contributed by atoms with Crippen LogP contribution >= 0.6 is 11.6 Å². The van der Waals surface area contributed by atoms with Crippen molar-refractivity contribution in [1.82, 2.24) is 4.98 Å². The maximum Gasteiger partial charge on any atom is 0.336 e. The number of aromatic nitrogens is 1. The van der Waals surface area contributed by atoms with Crippen LogP contribution in [0.1, 0.15) is 21.5 Å². The lowest BCUT2D eigenvalue weighted by Gasteiger charge is -2.09. The Bertz CT molecular complexity index is 903. The van der Waals surface area contributed by atoms with Gasteiger partial charge >= 0.3 is 5.97 Å². The number of carbonyl (C=O) groups is 1. The van der Waals surface area contributed by atoms with E-state index < -0.39 is 5.97 Å². The van der Waals surface area contributed by atoms with Gasteiger partial charge in [0, 0.05) is 16.0 Å². The maximum atomic E-state index is 11.6. The minimum atomic E-state index is -0.986. The van der Waals surface area contributed by atoms with Crippen LogP contribution in [-0.4, -0.2) is 16.1 Å². The molecule has 0 radical (unpaired) electrons. The van der Waals surface area contributed by atoms with E-state index in [1.54, 1.807) is 24.3 Å². The van der Waals surface area contributed by atoms with Crippen molar-refractivity contribution in [3.8, 4) is 11.3 Å². The van der Waals surface area contributed by atoms with Gasteiger partial charge in [0.2, 0.25) is 0 Å². The van der Waals surface area contributed by atoms with Crippen LogP contribution < -0.4 is 0 Å². The number of rotatable bonds is 2. The van der Waals surface area contributed by atoms with E-state index in [0.717, 1.165) is 11.1 Å². The van der Waals surface area contributed by atoms with E-state index in [0.29, 0.717) is 21.6 Å². The van der Waals surface area contributed by atoms with Crippen LogP contribution in [-0.2, 0) is 0 Å². The smallest absolute Gasteiger partial charge is 0.336 e. The second-order valence-corrected chi connectivity index (χ2v) is 5.76. The summed E-state index contributed by atoms with van der Waals surface area (Å²) in [4.78, 5) is 16.1. The summed E-state index contributed by atoms with van der Waals surface area (Å²) in [6, 6.07) is 12.7. The highest BCUT2D eigenvalue weighted by Gasteiger charge is 2.13. The number of aryl methyl sites for hydroxylation is 2. The summed E-state index contributed by atoms with van der Waals surface area (Å²) in [5.74, 6) is -0.986. The lowest BCUT2D eigenvalue weighted by molar-refractivity contribution is 0.0699. The number of aromatic carboxylic acids is 1. The zero-order chi connectivity index (χ0) is 15.9. The van der Waals surface area contributed by atoms with E-state index in [2.05, 4.69) is 4.98 Å². The highest BCUT2D eigenvalue weighted by atomic mass is 35.5. The van der Waals surface area contributed by atoms with Gasteiger partial charge < -0.3 is 5.11 Å². The summed E-state index contributed by atoms with van der Waals surface area (Å²) in [7, 11) is 0. The number of hydrogen-bond acceptors (Lipinski definition) is 2. The number of pyridine rings is 1. The Morgan fingerprint density at radius 2 is 1.82 bits per heavy atom. The average molecular weight is 312 g/mol. The van der Waals surface area contributed by atoms with Crippen LogP contribution in [0.2, 0.25) is 5.02 Å². The molecular formula is C18H14ClNO2. The predicted octanol–water partition coefficient (Wildman–Crippen LogP) is 4.87. The van der Waals surface area contributed by atoms with Crippen molar-refractivity contribution in [2.45, 2.75) is 13.8 Å². The van der Waals surface area contributed by atoms with Crippen molar-refractivity contribution in [3.05, 3.63) is 64.2 Å². The molecule has 22 heavy (non-hydrogen) atoms. The number of carboxylic acids is 1. The van der Waals surface area contributed by atoms with E-state index in [1.165, 1.54) is 5.56 Å². The number of benzene rings is 2. The third-order valence-corrected chi connectivity index (χ3v) is 4.04. The Morgan fingerprint density at radius 1 is 1.05 bits per heavy atom. The lowest BCUT2D eigenvalue weighted by atomic mass is 10.0. The van der Waals surface area contributed by atoms with Crippen molar-refractivity contribution in [2.75, 3.05) is 0 Å². The van der Waals surface area contributed by atoms with Crippen LogP contribution in [0.25, 0.3) is 22.2 Å². The van der Waals surface area contributed by atoms with E-state index in [1.807, 2.05) is 32.0 Å². The van der Waals surface area contributed by atoms with Crippen LogP contribution in [0.15, 0.2) is 42.5 Å². The first-order valence-corrected chi connectivity index (χ1v) is 7.25. The summed E-state index contributed by atoms with van der Waals surface area (Å²) >= 11 is 5.97. The van der Waals surface area contributed by atoms with Crippen molar-refractivity contribution >= 4 is 28.5 Å². The van der Waals surface area contributed by atoms with Crippen molar-refractivity contribution in [1.29, 1.82) is 0 Å². The minimum absolute atomic E-state index is 0.209. The largest absolute Gasteiger partial charge is 0.478 e. The molecule has 0 atom stereocenters. The number of halogens is 1. The summed E-state index contributed by atoms with van der Waals surface area (Å²) in [5.41, 5.74) is 4.72. The molecule has 1 aromatic heterocycles. The highest BCUT2D eigenvalue weighted by Crippen LogP contribution is 2.28. The summed E-state index contributed by atoms with van der Waals surface area (Å²) < 4.78 is 0. The highest BCUT2D eigenvalue weighted by molar-refractivity contribution is 6.31. The molecule has 1 heterocycles. The van der Waals surface area contributed by atoms with Gasteiger partial charge in [-0.2, -0.15) is 0 Å². The first kappa shape index (κ1) is 14.5. The first-order chi connectivity index (χ1) is 10.5. The topological polar surface area (TPSA) is 50.2 Å². The van der Waals surface area contributed by atoms with Gasteiger partial charge in [0.15, 0.2) is 0 Å². The van der Waals surface area contributed by atoms with Gasteiger partial charge in [-0.1, -0.05) is 23.7 Å². The van der Waals surface area contributed by atoms with Gasteiger partial charge in [0.05, 0.1) is 16.8 Å². The molecule has 3 rings (SSSR count). The van der Waals surface area contributed by atoms with Gasteiger partial charge in [-0.05, 0) is 55.3 Å². The Kier molecular flexibility index (Phi) is 3.59. The normalized spacial score (nSPS) is 10.9.